The van der Waals surface area contributed by atoms with E-state index in [-0.39, 0.29) is 4.90 Å². The smallest absolute Gasteiger partial charge is 0.197 e. The molecule has 1 unspecified atom stereocenters. The minimum absolute atomic E-state index is 0.277. The van der Waals surface area contributed by atoms with Crippen LogP contribution in [0.25, 0.3) is 11.1 Å². The fourth-order valence-corrected chi connectivity index (χ4v) is 3.06. The van der Waals surface area contributed by atoms with Gasteiger partial charge in [0.05, 0.1) is 4.90 Å². The third-order valence-electron chi connectivity index (χ3n) is 3.41. The van der Waals surface area contributed by atoms with E-state index in [1.54, 1.807) is 18.2 Å². The normalized spacial score (nSPS) is 20.2. The summed E-state index contributed by atoms with van der Waals surface area (Å²) in [4.78, 5) is 4.66. The van der Waals surface area contributed by atoms with Crippen molar-refractivity contribution in [3.63, 3.8) is 0 Å². The Morgan fingerprint density at radius 2 is 2.32 bits per heavy atom. The average Bonchev–Trinajstić information content (AvgIpc) is 2.95. The van der Waals surface area contributed by atoms with Gasteiger partial charge in [-0.3, -0.25) is 0 Å². The van der Waals surface area contributed by atoms with Crippen LogP contribution in [0, 0.1) is 0 Å². The van der Waals surface area contributed by atoms with Crippen LogP contribution in [0.2, 0.25) is 0 Å². The lowest BCUT2D eigenvalue weighted by molar-refractivity contribution is 0.478. The average molecular weight is 280 g/mol. The first kappa shape index (κ1) is 12.6. The van der Waals surface area contributed by atoms with E-state index < -0.39 is 9.84 Å². The molecule has 1 saturated heterocycles. The molecule has 3 rings (SSSR count). The lowest BCUT2D eigenvalue weighted by atomic mass is 10.2. The molecule has 5 nitrogen and oxygen atoms in total. The number of nitrogens with one attached hydrogen (secondary N) is 1. The van der Waals surface area contributed by atoms with Gasteiger partial charge in [0.15, 0.2) is 21.3 Å². The molecule has 6 heteroatoms. The molecule has 0 radical (unpaired) electrons. The van der Waals surface area contributed by atoms with Gasteiger partial charge in [0.25, 0.3) is 0 Å². The predicted octanol–water partition coefficient (Wildman–Crippen LogP) is 1.53. The Hall–Kier alpha value is -1.40. The summed E-state index contributed by atoms with van der Waals surface area (Å²) in [6.07, 6.45) is 4.26. The van der Waals surface area contributed by atoms with E-state index in [9.17, 15) is 8.42 Å². The van der Waals surface area contributed by atoms with Crippen molar-refractivity contribution in [3.8, 4) is 0 Å². The van der Waals surface area contributed by atoms with Crippen LogP contribution in [0.15, 0.2) is 27.5 Å². The highest BCUT2D eigenvalue weighted by Crippen LogP contribution is 2.21. The fourth-order valence-electron chi connectivity index (χ4n) is 2.41. The molecule has 2 heterocycles. The molecule has 1 aliphatic rings. The molecule has 0 amide bonds. The quantitative estimate of drug-likeness (QED) is 0.923. The molecule has 1 fully saturated rings. The SMILES string of the molecule is CS(=O)(=O)c1ccc2oc(CC3CCCN3)nc2c1. The minimum Gasteiger partial charge on any atom is -0.441 e. The number of fused-ring (bicyclic) bond motifs is 1. The van der Waals surface area contributed by atoms with Crippen molar-refractivity contribution in [2.75, 3.05) is 12.8 Å². The largest absolute Gasteiger partial charge is 0.441 e. The van der Waals surface area contributed by atoms with Crippen LogP contribution in [0.4, 0.5) is 0 Å². The minimum atomic E-state index is -3.20. The van der Waals surface area contributed by atoms with Crippen molar-refractivity contribution < 1.29 is 12.8 Å². The number of hydrogen-bond donors (Lipinski definition) is 1. The molecule has 1 N–H and O–H groups in total. The van der Waals surface area contributed by atoms with Crippen molar-refractivity contribution in [2.24, 2.45) is 0 Å². The number of hydrogen-bond acceptors (Lipinski definition) is 5. The molecule has 2 aromatic rings. The molecule has 0 saturated carbocycles. The van der Waals surface area contributed by atoms with E-state index in [0.717, 1.165) is 19.4 Å². The highest BCUT2D eigenvalue weighted by molar-refractivity contribution is 7.90. The summed E-state index contributed by atoms with van der Waals surface area (Å²) < 4.78 is 28.6. The molecule has 0 aliphatic carbocycles. The topological polar surface area (TPSA) is 72.2 Å². The fraction of sp³-hybridized carbons (Fsp3) is 0.462. The molecule has 0 spiro atoms. The summed E-state index contributed by atoms with van der Waals surface area (Å²) in [5, 5.41) is 3.39. The molecule has 0 bridgehead atoms. The lowest BCUT2D eigenvalue weighted by Gasteiger charge is -2.05. The van der Waals surface area contributed by atoms with Gasteiger partial charge in [-0.05, 0) is 37.6 Å². The molecule has 1 aromatic heterocycles. The van der Waals surface area contributed by atoms with E-state index in [0.29, 0.717) is 23.0 Å². The van der Waals surface area contributed by atoms with Crippen LogP contribution in [0.1, 0.15) is 18.7 Å². The molecule has 1 aromatic carbocycles. The maximum Gasteiger partial charge on any atom is 0.197 e. The second-order valence-corrected chi connectivity index (χ2v) is 7.02. The Labute approximate surface area is 111 Å². The highest BCUT2D eigenvalue weighted by Gasteiger charge is 2.18. The summed E-state index contributed by atoms with van der Waals surface area (Å²) in [6.45, 7) is 1.04. The van der Waals surface area contributed by atoms with Gasteiger partial charge in [-0.25, -0.2) is 13.4 Å². The third-order valence-corrected chi connectivity index (χ3v) is 4.53. The standard InChI is InChI=1S/C13H16N2O3S/c1-19(16,17)10-4-5-12-11(8-10)15-13(18-12)7-9-3-2-6-14-9/h4-5,8-9,14H,2-3,6-7H2,1H3. The second kappa shape index (κ2) is 4.61. The molecule has 1 atom stereocenters. The van der Waals surface area contributed by atoms with Crippen LogP contribution in [-0.4, -0.2) is 32.2 Å². The Kier molecular flexibility index (Phi) is 3.06. The van der Waals surface area contributed by atoms with Crippen LogP contribution < -0.4 is 5.32 Å². The highest BCUT2D eigenvalue weighted by atomic mass is 32.2. The first-order valence-electron chi connectivity index (χ1n) is 6.35. The van der Waals surface area contributed by atoms with E-state index in [2.05, 4.69) is 10.3 Å². The Morgan fingerprint density at radius 3 is 3.00 bits per heavy atom. The van der Waals surface area contributed by atoms with Crippen molar-refractivity contribution in [1.29, 1.82) is 0 Å². The first-order chi connectivity index (χ1) is 9.02. The molecule has 102 valence electrons. The Morgan fingerprint density at radius 1 is 1.47 bits per heavy atom. The van der Waals surface area contributed by atoms with Gasteiger partial charge in [0, 0.05) is 18.7 Å². The van der Waals surface area contributed by atoms with Crippen LogP contribution in [0.5, 0.6) is 0 Å². The van der Waals surface area contributed by atoms with Gasteiger partial charge in [-0.2, -0.15) is 0 Å². The first-order valence-corrected chi connectivity index (χ1v) is 8.24. The number of sulfone groups is 1. The third kappa shape index (κ3) is 2.64. The number of nitrogens with zero attached hydrogens (tertiary/aromatic N) is 1. The maximum absolute atomic E-state index is 11.5. The Balaban J connectivity index is 1.92. The van der Waals surface area contributed by atoms with Crippen LogP contribution in [-0.2, 0) is 16.3 Å². The number of aromatic nitrogens is 1. The van der Waals surface area contributed by atoms with Gasteiger partial charge in [-0.1, -0.05) is 0 Å². The van der Waals surface area contributed by atoms with Gasteiger partial charge < -0.3 is 9.73 Å². The number of rotatable bonds is 3. The van der Waals surface area contributed by atoms with E-state index in [1.165, 1.54) is 12.7 Å². The van der Waals surface area contributed by atoms with E-state index in [1.807, 2.05) is 0 Å². The van der Waals surface area contributed by atoms with Crippen molar-refractivity contribution in [1.82, 2.24) is 10.3 Å². The number of benzene rings is 1. The summed E-state index contributed by atoms with van der Waals surface area (Å²) in [5.41, 5.74) is 1.25. The monoisotopic (exact) mass is 280 g/mol. The van der Waals surface area contributed by atoms with Crippen molar-refractivity contribution in [3.05, 3.63) is 24.1 Å². The predicted molar refractivity (Wildman–Crippen MR) is 71.8 cm³/mol. The summed E-state index contributed by atoms with van der Waals surface area (Å²) >= 11 is 0. The van der Waals surface area contributed by atoms with Gasteiger partial charge in [0.1, 0.15) is 5.52 Å². The zero-order chi connectivity index (χ0) is 13.5. The lowest BCUT2D eigenvalue weighted by Crippen LogP contribution is -2.23. The van der Waals surface area contributed by atoms with Gasteiger partial charge in [0.2, 0.25) is 0 Å². The summed E-state index contributed by atoms with van der Waals surface area (Å²) in [7, 11) is -3.20. The summed E-state index contributed by atoms with van der Waals surface area (Å²) in [5.74, 6) is 0.667. The molecular weight excluding hydrogens is 264 g/mol. The zero-order valence-corrected chi connectivity index (χ0v) is 11.5. The van der Waals surface area contributed by atoms with Crippen molar-refractivity contribution >= 4 is 20.9 Å². The van der Waals surface area contributed by atoms with Crippen LogP contribution in [0.3, 0.4) is 0 Å². The molecule has 19 heavy (non-hydrogen) atoms. The summed E-state index contributed by atoms with van der Waals surface area (Å²) in [6, 6.07) is 5.22. The maximum atomic E-state index is 11.5. The van der Waals surface area contributed by atoms with E-state index >= 15 is 0 Å². The second-order valence-electron chi connectivity index (χ2n) is 5.01. The van der Waals surface area contributed by atoms with Crippen molar-refractivity contribution in [2.45, 2.75) is 30.2 Å². The zero-order valence-electron chi connectivity index (χ0n) is 10.7. The molecule has 1 aliphatic heterocycles. The van der Waals surface area contributed by atoms with Gasteiger partial charge >= 0.3 is 0 Å². The van der Waals surface area contributed by atoms with Crippen LogP contribution >= 0.6 is 0 Å². The van der Waals surface area contributed by atoms with E-state index in [4.69, 9.17) is 4.42 Å². The molecular formula is C13H16N2O3S. The Bertz CT molecular complexity index is 700. The van der Waals surface area contributed by atoms with Gasteiger partial charge in [-0.15, -0.1) is 0 Å². The number of oxazole rings is 1.